The molecule has 6 rings (SSSR count). The smallest absolute Gasteiger partial charge is 0.341 e. The zero-order valence-corrected chi connectivity index (χ0v) is 30.9. The Morgan fingerprint density at radius 1 is 0.900 bits per heavy atom. The van der Waals surface area contributed by atoms with E-state index in [1.807, 2.05) is 20.8 Å². The molecule has 0 radical (unpaired) electrons. The Morgan fingerprint density at radius 2 is 1.46 bits per heavy atom. The van der Waals surface area contributed by atoms with Crippen LogP contribution in [0.3, 0.4) is 0 Å². The molecule has 1 heterocycles. The van der Waals surface area contributed by atoms with Crippen LogP contribution in [0, 0.1) is 57.7 Å². The number of aliphatic hydroxyl groups is 2. The third kappa shape index (κ3) is 7.93. The van der Waals surface area contributed by atoms with Crippen molar-refractivity contribution in [2.75, 3.05) is 7.11 Å². The number of hydrogen-bond donors (Lipinski definition) is 5. The lowest BCUT2D eigenvalue weighted by Crippen LogP contribution is -2.62. The first-order valence-corrected chi connectivity index (χ1v) is 17.7. The Bertz CT molecular complexity index is 1300. The summed E-state index contributed by atoms with van der Waals surface area (Å²) in [5.41, 5.74) is -1.58. The van der Waals surface area contributed by atoms with Gasteiger partial charge in [0.15, 0.2) is 6.10 Å². The van der Waals surface area contributed by atoms with E-state index in [0.717, 1.165) is 46.6 Å². The predicted octanol–water partition coefficient (Wildman–Crippen LogP) is 4.71. The number of carbonyl (C=O) groups is 6. The standard InChI is InChI=1S/C30H40O8.2C2H4O2.C2H6.CH4O/c1-14(31)37-20-13-29(3)17(23-19(32)11-16-7-5-6-8-28(16,2)25(20)23)12-18-24(29)15(10-22(33)34)9-21-30(18,4)26(35)27(36)38-21;2*1-2(3)4;2*1-2/h9,15-18,20,23-26,35H,5-8,10-13H2,1-4H3,(H,33,34);2*1H3,(H,3,4);1-2H3;2H,1H3/t15-,16?,17?,18?,20+,23?,24?,25?,26?,28?,29?,30?;;;;/m0..../s1. The van der Waals surface area contributed by atoms with Gasteiger partial charge < -0.3 is 35.0 Å². The molecular formula is C37H58O13. The lowest BCUT2D eigenvalue weighted by molar-refractivity contribution is -0.196. The van der Waals surface area contributed by atoms with E-state index in [-0.39, 0.29) is 59.1 Å². The molecule has 5 aliphatic carbocycles. The van der Waals surface area contributed by atoms with Crippen LogP contribution in [0.2, 0.25) is 0 Å². The number of hydrogen-bond acceptors (Lipinski definition) is 10. The van der Waals surface area contributed by atoms with Crippen LogP contribution in [0.4, 0.5) is 0 Å². The summed E-state index contributed by atoms with van der Waals surface area (Å²) in [7, 11) is 1.00. The van der Waals surface area contributed by atoms with Crippen molar-refractivity contribution in [2.45, 2.75) is 119 Å². The van der Waals surface area contributed by atoms with Crippen LogP contribution in [0.25, 0.3) is 0 Å². The summed E-state index contributed by atoms with van der Waals surface area (Å²) in [6.07, 6.45) is 5.80. The average Bonchev–Trinajstić information content (AvgIpc) is 3.44. The van der Waals surface area contributed by atoms with Crippen molar-refractivity contribution in [2.24, 2.45) is 57.7 Å². The van der Waals surface area contributed by atoms with E-state index in [0.29, 0.717) is 25.0 Å². The molecular weight excluding hydrogens is 652 g/mol. The molecule has 1 saturated heterocycles. The van der Waals surface area contributed by atoms with E-state index >= 15 is 0 Å². The number of carboxylic acid groups (broad SMARTS) is 3. The first kappa shape index (κ1) is 42.8. The molecule has 0 aromatic carbocycles. The Hall–Kier alpha value is -3.32. The molecule has 1 aliphatic heterocycles. The number of rotatable bonds is 3. The van der Waals surface area contributed by atoms with Crippen LogP contribution in [0.5, 0.6) is 0 Å². The number of aliphatic hydroxyl groups excluding tert-OH is 2. The van der Waals surface area contributed by atoms with Gasteiger partial charge in [-0.25, -0.2) is 4.79 Å². The average molecular weight is 711 g/mol. The largest absolute Gasteiger partial charge is 0.481 e. The van der Waals surface area contributed by atoms with Gasteiger partial charge >= 0.3 is 17.9 Å². The van der Waals surface area contributed by atoms with Gasteiger partial charge in [0.2, 0.25) is 0 Å². The quantitative estimate of drug-likeness (QED) is 0.251. The van der Waals surface area contributed by atoms with Gasteiger partial charge in [-0.3, -0.25) is 24.0 Å². The highest BCUT2D eigenvalue weighted by atomic mass is 16.6. The molecule has 50 heavy (non-hydrogen) atoms. The number of carboxylic acids is 3. The fraction of sp³-hybridized carbons (Fsp3) is 0.784. The van der Waals surface area contributed by atoms with Crippen LogP contribution < -0.4 is 0 Å². The van der Waals surface area contributed by atoms with Crippen molar-refractivity contribution in [3.63, 3.8) is 0 Å². The number of ether oxygens (including phenoxy) is 2. The summed E-state index contributed by atoms with van der Waals surface area (Å²) in [5, 5.41) is 42.7. The number of fused-ring (bicyclic) bond motifs is 9. The zero-order chi connectivity index (χ0) is 38.5. The van der Waals surface area contributed by atoms with E-state index in [2.05, 4.69) is 13.8 Å². The number of Topliss-reactive ketones (excluding diaryl/α,β-unsaturated/α-hetero) is 1. The van der Waals surface area contributed by atoms with Gasteiger partial charge in [-0.1, -0.05) is 40.5 Å². The fourth-order valence-corrected chi connectivity index (χ4v) is 10.8. The van der Waals surface area contributed by atoms with Gasteiger partial charge in [0, 0.05) is 46.1 Å². The minimum atomic E-state index is -1.34. The second-order valence-electron chi connectivity index (χ2n) is 14.9. The number of allylic oxidation sites excluding steroid dienone is 1. The van der Waals surface area contributed by atoms with Gasteiger partial charge in [0.05, 0.1) is 11.8 Å². The monoisotopic (exact) mass is 710 g/mol. The second-order valence-corrected chi connectivity index (χ2v) is 14.9. The second kappa shape index (κ2) is 16.8. The third-order valence-corrected chi connectivity index (χ3v) is 12.3. The van der Waals surface area contributed by atoms with E-state index in [1.165, 1.54) is 6.92 Å². The molecule has 4 saturated carbocycles. The minimum Gasteiger partial charge on any atom is -0.481 e. The van der Waals surface area contributed by atoms with Gasteiger partial charge in [0.25, 0.3) is 11.9 Å². The Kier molecular flexibility index (Phi) is 14.4. The molecule has 0 aromatic heterocycles. The summed E-state index contributed by atoms with van der Waals surface area (Å²) in [6.45, 7) is 13.9. The highest BCUT2D eigenvalue weighted by molar-refractivity contribution is 5.84. The summed E-state index contributed by atoms with van der Waals surface area (Å²) in [5.74, 6) is -4.06. The highest BCUT2D eigenvalue weighted by Crippen LogP contribution is 2.73. The van der Waals surface area contributed by atoms with Crippen molar-refractivity contribution < 1.29 is 63.8 Å². The van der Waals surface area contributed by atoms with Gasteiger partial charge in [-0.15, -0.1) is 0 Å². The van der Waals surface area contributed by atoms with Crippen LogP contribution in [0.15, 0.2) is 11.8 Å². The summed E-state index contributed by atoms with van der Waals surface area (Å²) < 4.78 is 11.6. The molecule has 0 amide bonds. The highest BCUT2D eigenvalue weighted by Gasteiger charge is 2.73. The Balaban J connectivity index is 0.000000638. The van der Waals surface area contributed by atoms with Crippen molar-refractivity contribution in [1.82, 2.24) is 0 Å². The lowest BCUT2D eigenvalue weighted by Gasteiger charge is -2.62. The normalized spacial score (nSPS) is 40.0. The van der Waals surface area contributed by atoms with Gasteiger partial charge in [-0.05, 0) is 79.1 Å². The molecule has 0 bridgehead atoms. The Labute approximate surface area is 294 Å². The van der Waals surface area contributed by atoms with Crippen LogP contribution in [-0.2, 0) is 38.2 Å². The van der Waals surface area contributed by atoms with Crippen molar-refractivity contribution in [1.29, 1.82) is 0 Å². The van der Waals surface area contributed by atoms with Crippen LogP contribution in [0.1, 0.15) is 107 Å². The summed E-state index contributed by atoms with van der Waals surface area (Å²) >= 11 is 0. The van der Waals surface area contributed by atoms with E-state index < -0.39 is 52.8 Å². The van der Waals surface area contributed by atoms with E-state index in [1.54, 1.807) is 6.08 Å². The number of carbonyl (C=O) groups excluding carboxylic acids is 3. The van der Waals surface area contributed by atoms with Gasteiger partial charge in [0.1, 0.15) is 17.6 Å². The van der Waals surface area contributed by atoms with Crippen LogP contribution >= 0.6 is 0 Å². The maximum atomic E-state index is 14.1. The number of esters is 2. The van der Waals surface area contributed by atoms with E-state index in [4.69, 9.17) is 34.4 Å². The van der Waals surface area contributed by atoms with Gasteiger partial charge in [-0.2, -0.15) is 0 Å². The Morgan fingerprint density at radius 3 is 1.98 bits per heavy atom. The molecule has 13 nitrogen and oxygen atoms in total. The molecule has 10 unspecified atom stereocenters. The first-order chi connectivity index (χ1) is 23.3. The van der Waals surface area contributed by atoms with Crippen molar-refractivity contribution in [3.05, 3.63) is 11.8 Å². The summed E-state index contributed by atoms with van der Waals surface area (Å²) in [4.78, 5) is 69.0. The lowest BCUT2D eigenvalue weighted by atomic mass is 9.43. The van der Waals surface area contributed by atoms with Crippen molar-refractivity contribution in [3.8, 4) is 0 Å². The first-order valence-electron chi connectivity index (χ1n) is 17.7. The number of aliphatic carboxylic acids is 3. The maximum absolute atomic E-state index is 14.1. The third-order valence-electron chi connectivity index (χ3n) is 12.3. The molecule has 5 fully saturated rings. The maximum Gasteiger partial charge on any atom is 0.341 e. The minimum absolute atomic E-state index is 0.0507. The van der Waals surface area contributed by atoms with Crippen molar-refractivity contribution >= 4 is 35.6 Å². The zero-order valence-electron chi connectivity index (χ0n) is 30.9. The molecule has 6 aliphatic rings. The molecule has 0 aromatic rings. The SMILES string of the molecule is CC.CC(=O)O.CC(=O)O.CC(=O)O[C@@H]1CC2(C)C(CC3C2[C@H](CC(=O)O)C=C2OC(=O)C(O)C23C)C2C(=O)CC3CCCCC3(C)C21.CO. The number of ketones is 1. The molecule has 12 atom stereocenters. The summed E-state index contributed by atoms with van der Waals surface area (Å²) in [6, 6.07) is 0. The molecule has 13 heteroatoms. The van der Waals surface area contributed by atoms with Crippen LogP contribution in [-0.4, -0.2) is 80.5 Å². The topological polar surface area (TPSA) is 222 Å². The molecule has 0 spiro atoms. The van der Waals surface area contributed by atoms with E-state index in [9.17, 15) is 29.4 Å². The molecule has 5 N–H and O–H groups in total. The predicted molar refractivity (Wildman–Crippen MR) is 180 cm³/mol. The molecule has 284 valence electrons. The fourth-order valence-electron chi connectivity index (χ4n) is 10.8.